The van der Waals surface area contributed by atoms with Crippen LogP contribution in [0.15, 0.2) is 77.6 Å². The molecule has 3 aromatic rings. The number of hydrogen-bond acceptors (Lipinski definition) is 3. The fourth-order valence-electron chi connectivity index (χ4n) is 5.31. The molecule has 1 aliphatic heterocycles. The molecule has 1 aromatic heterocycles. The Bertz CT molecular complexity index is 1020. The highest BCUT2D eigenvalue weighted by atomic mass is 16.3. The zero-order chi connectivity index (χ0) is 24.0. The summed E-state index contributed by atoms with van der Waals surface area (Å²) in [6, 6.07) is 20.1. The molecule has 3 unspecified atom stereocenters. The van der Waals surface area contributed by atoms with Gasteiger partial charge in [0.25, 0.3) is 0 Å². The predicted octanol–water partition coefficient (Wildman–Crippen LogP) is 7.18. The monoisotopic (exact) mass is 459 g/mol. The second-order valence-electron chi connectivity index (χ2n) is 9.92. The molecule has 1 amide bonds. The Kier molecular flexibility index (Phi) is 7.89. The lowest BCUT2D eigenvalue weighted by atomic mass is 9.77. The van der Waals surface area contributed by atoms with Gasteiger partial charge in [-0.05, 0) is 67.3 Å². The molecule has 0 aliphatic carbocycles. The highest BCUT2D eigenvalue weighted by Gasteiger charge is 2.34. The molecule has 4 rings (SSSR count). The van der Waals surface area contributed by atoms with Gasteiger partial charge in [0.15, 0.2) is 0 Å². The quantitative estimate of drug-likeness (QED) is 0.330. The van der Waals surface area contributed by atoms with Crippen molar-refractivity contribution in [3.63, 3.8) is 0 Å². The van der Waals surface area contributed by atoms with E-state index in [1.54, 1.807) is 12.5 Å². The van der Waals surface area contributed by atoms with Gasteiger partial charge in [-0.15, -0.1) is 0 Å². The van der Waals surface area contributed by atoms with Crippen LogP contribution in [-0.4, -0.2) is 17.6 Å². The zero-order valence-corrected chi connectivity index (χ0v) is 20.5. The van der Waals surface area contributed by atoms with Crippen molar-refractivity contribution in [2.75, 3.05) is 11.4 Å². The van der Waals surface area contributed by atoms with Gasteiger partial charge in [0.1, 0.15) is 0 Å². The number of furan rings is 1. The summed E-state index contributed by atoms with van der Waals surface area (Å²) in [4.78, 5) is 14.7. The van der Waals surface area contributed by atoms with Crippen molar-refractivity contribution in [2.24, 2.45) is 11.8 Å². The summed E-state index contributed by atoms with van der Waals surface area (Å²) in [5.74, 6) is 0.799. The van der Waals surface area contributed by atoms with Crippen molar-refractivity contribution in [1.29, 1.82) is 0 Å². The summed E-state index contributed by atoms with van der Waals surface area (Å²) in [7, 11) is 0. The summed E-state index contributed by atoms with van der Waals surface area (Å²) in [6.07, 6.45) is 10.3. The van der Waals surface area contributed by atoms with Gasteiger partial charge in [0.05, 0.1) is 18.1 Å². The SMILES string of the molecule is CCCCC(CCCC1CC(=O)N(c2ccc(-c3ccoc3)cc2)C1)C(C)(O)c1ccccc1. The lowest BCUT2D eigenvalue weighted by Crippen LogP contribution is -2.32. The first kappa shape index (κ1) is 24.3. The lowest BCUT2D eigenvalue weighted by molar-refractivity contribution is -0.117. The third kappa shape index (κ3) is 5.61. The Morgan fingerprint density at radius 1 is 1.03 bits per heavy atom. The van der Waals surface area contributed by atoms with Crippen LogP contribution in [0.2, 0.25) is 0 Å². The molecule has 1 N–H and O–H groups in total. The molecule has 0 bridgehead atoms. The van der Waals surface area contributed by atoms with Crippen molar-refractivity contribution >= 4 is 11.6 Å². The van der Waals surface area contributed by atoms with Crippen LogP contribution in [0.5, 0.6) is 0 Å². The summed E-state index contributed by atoms with van der Waals surface area (Å²) in [5, 5.41) is 11.4. The van der Waals surface area contributed by atoms with Gasteiger partial charge in [-0.25, -0.2) is 0 Å². The third-order valence-corrected chi connectivity index (χ3v) is 7.46. The topological polar surface area (TPSA) is 53.7 Å². The van der Waals surface area contributed by atoms with E-state index in [2.05, 4.69) is 6.92 Å². The smallest absolute Gasteiger partial charge is 0.227 e. The average molecular weight is 460 g/mol. The largest absolute Gasteiger partial charge is 0.472 e. The lowest BCUT2D eigenvalue weighted by Gasteiger charge is -2.34. The fraction of sp³-hybridized carbons (Fsp3) is 0.433. The Balaban J connectivity index is 1.33. The number of carbonyl (C=O) groups excluding carboxylic acids is 1. The normalized spacial score (nSPS) is 18.7. The van der Waals surface area contributed by atoms with Crippen LogP contribution in [-0.2, 0) is 10.4 Å². The highest BCUT2D eigenvalue weighted by Crippen LogP contribution is 2.37. The molecule has 0 spiro atoms. The number of unbranched alkanes of at least 4 members (excludes halogenated alkanes) is 1. The molecule has 1 fully saturated rings. The van der Waals surface area contributed by atoms with Crippen molar-refractivity contribution < 1.29 is 14.3 Å². The Morgan fingerprint density at radius 2 is 1.76 bits per heavy atom. The number of amides is 1. The molecule has 3 atom stereocenters. The summed E-state index contributed by atoms with van der Waals surface area (Å²) in [6.45, 7) is 4.95. The minimum Gasteiger partial charge on any atom is -0.472 e. The molecule has 0 radical (unpaired) electrons. The maximum atomic E-state index is 12.8. The summed E-state index contributed by atoms with van der Waals surface area (Å²) < 4.78 is 5.17. The van der Waals surface area contributed by atoms with Gasteiger partial charge in [-0.1, -0.05) is 68.7 Å². The van der Waals surface area contributed by atoms with Crippen LogP contribution in [0.3, 0.4) is 0 Å². The van der Waals surface area contributed by atoms with E-state index in [4.69, 9.17) is 4.42 Å². The van der Waals surface area contributed by atoms with E-state index in [-0.39, 0.29) is 11.8 Å². The van der Waals surface area contributed by atoms with E-state index < -0.39 is 5.60 Å². The number of anilines is 1. The van der Waals surface area contributed by atoms with Crippen LogP contribution in [0, 0.1) is 11.8 Å². The van der Waals surface area contributed by atoms with Crippen molar-refractivity contribution in [2.45, 2.75) is 64.4 Å². The number of aliphatic hydroxyl groups is 1. The van der Waals surface area contributed by atoms with Gasteiger partial charge >= 0.3 is 0 Å². The van der Waals surface area contributed by atoms with Crippen LogP contribution in [0.4, 0.5) is 5.69 Å². The molecule has 34 heavy (non-hydrogen) atoms. The molecule has 4 nitrogen and oxygen atoms in total. The van der Waals surface area contributed by atoms with E-state index in [0.717, 1.165) is 67.4 Å². The average Bonchev–Trinajstić information content (AvgIpc) is 3.52. The van der Waals surface area contributed by atoms with Gasteiger partial charge in [-0.2, -0.15) is 0 Å². The first-order valence-corrected chi connectivity index (χ1v) is 12.7. The Labute approximate surface area is 203 Å². The molecule has 1 saturated heterocycles. The van der Waals surface area contributed by atoms with Crippen LogP contribution in [0.25, 0.3) is 11.1 Å². The molecule has 4 heteroatoms. The minimum absolute atomic E-state index is 0.208. The van der Waals surface area contributed by atoms with Gasteiger partial charge in [0, 0.05) is 24.2 Å². The van der Waals surface area contributed by atoms with Crippen molar-refractivity contribution in [3.8, 4) is 11.1 Å². The molecule has 0 saturated carbocycles. The predicted molar refractivity (Wildman–Crippen MR) is 137 cm³/mol. The van der Waals surface area contributed by atoms with Crippen molar-refractivity contribution in [3.05, 3.63) is 78.8 Å². The molecule has 1 aliphatic rings. The molecular weight excluding hydrogens is 422 g/mol. The third-order valence-electron chi connectivity index (χ3n) is 7.46. The number of rotatable bonds is 11. The number of nitrogens with zero attached hydrogens (tertiary/aromatic N) is 1. The zero-order valence-electron chi connectivity index (χ0n) is 20.5. The van der Waals surface area contributed by atoms with E-state index in [0.29, 0.717) is 12.3 Å². The molecule has 180 valence electrons. The minimum atomic E-state index is -0.829. The van der Waals surface area contributed by atoms with Gasteiger partial charge in [0.2, 0.25) is 5.91 Å². The van der Waals surface area contributed by atoms with E-state index >= 15 is 0 Å². The van der Waals surface area contributed by atoms with E-state index in [1.165, 1.54) is 0 Å². The first-order valence-electron chi connectivity index (χ1n) is 12.7. The van der Waals surface area contributed by atoms with Gasteiger partial charge < -0.3 is 14.4 Å². The Hall–Kier alpha value is -2.85. The van der Waals surface area contributed by atoms with E-state index in [9.17, 15) is 9.90 Å². The van der Waals surface area contributed by atoms with Crippen LogP contribution in [0.1, 0.15) is 64.4 Å². The van der Waals surface area contributed by atoms with Crippen molar-refractivity contribution in [1.82, 2.24) is 0 Å². The number of hydrogen-bond donors (Lipinski definition) is 1. The van der Waals surface area contributed by atoms with E-state index in [1.807, 2.05) is 72.5 Å². The Morgan fingerprint density at radius 3 is 2.44 bits per heavy atom. The fourth-order valence-corrected chi connectivity index (χ4v) is 5.31. The molecular formula is C30H37NO3. The van der Waals surface area contributed by atoms with Crippen LogP contribution < -0.4 is 4.90 Å². The van der Waals surface area contributed by atoms with Crippen LogP contribution >= 0.6 is 0 Å². The second kappa shape index (κ2) is 11.1. The first-order chi connectivity index (χ1) is 16.5. The van der Waals surface area contributed by atoms with Gasteiger partial charge in [-0.3, -0.25) is 4.79 Å². The highest BCUT2D eigenvalue weighted by molar-refractivity contribution is 5.95. The maximum Gasteiger partial charge on any atom is 0.227 e. The second-order valence-corrected chi connectivity index (χ2v) is 9.92. The maximum absolute atomic E-state index is 12.8. The summed E-state index contributed by atoms with van der Waals surface area (Å²) >= 11 is 0. The molecule has 2 aromatic carbocycles. The number of carbonyl (C=O) groups is 1. The standard InChI is InChI=1S/C30H37NO3/c1-3-4-10-26(30(2,33)27-11-6-5-7-12-27)13-8-9-23-20-29(32)31(21-23)28-16-14-24(15-17-28)25-18-19-34-22-25/h5-7,11-12,14-19,22-23,26,33H,3-4,8-10,13,20-21H2,1-2H3. The molecule has 2 heterocycles. The summed E-state index contributed by atoms with van der Waals surface area (Å²) in [5.41, 5.74) is 3.26. The number of benzene rings is 2.